The minimum atomic E-state index is 1.09. The van der Waals surface area contributed by atoms with Gasteiger partial charge in [0.05, 0.1) is 3.79 Å². The van der Waals surface area contributed by atoms with Gasteiger partial charge in [0.2, 0.25) is 0 Å². The van der Waals surface area contributed by atoms with E-state index in [1.807, 2.05) is 0 Å². The highest BCUT2D eigenvalue weighted by molar-refractivity contribution is 9.11. The van der Waals surface area contributed by atoms with Crippen LogP contribution in [0.1, 0.15) is 12.5 Å². The van der Waals surface area contributed by atoms with Crippen molar-refractivity contribution in [2.75, 3.05) is 0 Å². The van der Waals surface area contributed by atoms with Gasteiger partial charge in [-0.25, -0.2) is 0 Å². The maximum atomic E-state index is 3.47. The lowest BCUT2D eigenvalue weighted by Crippen LogP contribution is -1.74. The van der Waals surface area contributed by atoms with Crippen LogP contribution in [0.15, 0.2) is 13.6 Å². The van der Waals surface area contributed by atoms with E-state index in [0.29, 0.717) is 0 Å². The van der Waals surface area contributed by atoms with Crippen LogP contribution in [0, 0.1) is 0 Å². The van der Waals surface area contributed by atoms with Gasteiger partial charge >= 0.3 is 0 Å². The summed E-state index contributed by atoms with van der Waals surface area (Å²) in [5, 5.41) is 2.10. The second-order valence-electron chi connectivity index (χ2n) is 1.69. The van der Waals surface area contributed by atoms with E-state index in [1.165, 1.54) is 13.8 Å². The fourth-order valence-corrected chi connectivity index (χ4v) is 3.32. The number of hydrogen-bond acceptors (Lipinski definition) is 1. The summed E-state index contributed by atoms with van der Waals surface area (Å²) < 4.78 is 2.47. The second-order valence-corrected chi connectivity index (χ2v) is 4.74. The van der Waals surface area contributed by atoms with Crippen molar-refractivity contribution in [2.45, 2.75) is 13.3 Å². The van der Waals surface area contributed by atoms with Crippen LogP contribution < -0.4 is 0 Å². The first-order valence-corrected chi connectivity index (χ1v) is 5.13. The van der Waals surface area contributed by atoms with Crippen LogP contribution in [-0.2, 0) is 6.42 Å². The molecule has 50 valence electrons. The van der Waals surface area contributed by atoms with Crippen molar-refractivity contribution in [1.29, 1.82) is 0 Å². The molecule has 0 saturated carbocycles. The van der Waals surface area contributed by atoms with Gasteiger partial charge in [-0.1, -0.05) is 6.92 Å². The highest BCUT2D eigenvalue weighted by atomic mass is 79.9. The highest BCUT2D eigenvalue weighted by Gasteiger charge is 2.03. The Bertz CT molecular complexity index is 185. The summed E-state index contributed by atoms with van der Waals surface area (Å²) in [6, 6.07) is 0. The van der Waals surface area contributed by atoms with Crippen molar-refractivity contribution in [3.8, 4) is 0 Å². The molecule has 1 aromatic rings. The second kappa shape index (κ2) is 3.17. The van der Waals surface area contributed by atoms with E-state index in [1.54, 1.807) is 11.3 Å². The summed E-state index contributed by atoms with van der Waals surface area (Å²) in [6.07, 6.45) is 1.09. The lowest BCUT2D eigenvalue weighted by atomic mass is 10.3. The molecule has 0 nitrogen and oxygen atoms in total. The molecule has 1 heterocycles. The zero-order chi connectivity index (χ0) is 6.85. The van der Waals surface area contributed by atoms with Gasteiger partial charge in [-0.15, -0.1) is 11.3 Å². The van der Waals surface area contributed by atoms with Gasteiger partial charge in [-0.3, -0.25) is 0 Å². The molecule has 0 bridgehead atoms. The Hall–Kier alpha value is 0.660. The molecule has 0 aliphatic rings. The maximum Gasteiger partial charge on any atom is 0.0741 e. The van der Waals surface area contributed by atoms with Crippen molar-refractivity contribution < 1.29 is 0 Å². The SMILES string of the molecule is CCc1c(Br)csc1Br. The van der Waals surface area contributed by atoms with E-state index in [0.717, 1.165) is 6.42 Å². The first-order chi connectivity index (χ1) is 4.25. The van der Waals surface area contributed by atoms with E-state index in [4.69, 9.17) is 0 Å². The van der Waals surface area contributed by atoms with E-state index in [9.17, 15) is 0 Å². The third kappa shape index (κ3) is 1.57. The third-order valence-electron chi connectivity index (χ3n) is 1.14. The fourth-order valence-electron chi connectivity index (χ4n) is 0.647. The van der Waals surface area contributed by atoms with Crippen molar-refractivity contribution in [3.05, 3.63) is 19.2 Å². The molecule has 1 aromatic heterocycles. The highest BCUT2D eigenvalue weighted by Crippen LogP contribution is 2.31. The normalized spacial score (nSPS) is 10.1. The smallest absolute Gasteiger partial charge is 0.0741 e. The number of thiophene rings is 1. The molecule has 0 unspecified atom stereocenters. The van der Waals surface area contributed by atoms with Crippen LogP contribution in [0.4, 0.5) is 0 Å². The molecule has 0 saturated heterocycles. The Morgan fingerprint density at radius 3 is 2.44 bits per heavy atom. The van der Waals surface area contributed by atoms with Crippen molar-refractivity contribution in [1.82, 2.24) is 0 Å². The monoisotopic (exact) mass is 268 g/mol. The molecule has 0 fully saturated rings. The lowest BCUT2D eigenvalue weighted by Gasteiger charge is -1.90. The summed E-state index contributed by atoms with van der Waals surface area (Å²) >= 11 is 8.65. The standard InChI is InChI=1S/C6H6Br2S/c1-2-4-5(7)3-9-6(4)8/h3H,2H2,1H3. The van der Waals surface area contributed by atoms with Gasteiger partial charge in [0.25, 0.3) is 0 Å². The minimum Gasteiger partial charge on any atom is -0.135 e. The summed E-state index contributed by atoms with van der Waals surface area (Å²) in [5.74, 6) is 0. The molecule has 0 aromatic carbocycles. The van der Waals surface area contributed by atoms with Crippen LogP contribution in [-0.4, -0.2) is 0 Å². The summed E-state index contributed by atoms with van der Waals surface area (Å²) in [4.78, 5) is 0. The van der Waals surface area contributed by atoms with E-state index < -0.39 is 0 Å². The van der Waals surface area contributed by atoms with Gasteiger partial charge in [0.1, 0.15) is 0 Å². The molecule has 0 N–H and O–H groups in total. The predicted octanol–water partition coefficient (Wildman–Crippen LogP) is 3.84. The summed E-state index contributed by atoms with van der Waals surface area (Å²) in [5.41, 5.74) is 1.38. The molecular formula is C6H6Br2S. The minimum absolute atomic E-state index is 1.09. The molecule has 0 spiro atoms. The topological polar surface area (TPSA) is 0 Å². The molecule has 0 aliphatic carbocycles. The first kappa shape index (κ1) is 7.76. The van der Waals surface area contributed by atoms with Gasteiger partial charge in [-0.2, -0.15) is 0 Å². The molecule has 1 rings (SSSR count). The Balaban J connectivity index is 3.07. The van der Waals surface area contributed by atoms with Crippen LogP contribution in [0.3, 0.4) is 0 Å². The predicted molar refractivity (Wildman–Crippen MR) is 49.1 cm³/mol. The van der Waals surface area contributed by atoms with Crippen molar-refractivity contribution in [3.63, 3.8) is 0 Å². The third-order valence-corrected chi connectivity index (χ3v) is 4.00. The molecular weight excluding hydrogens is 264 g/mol. The maximum absolute atomic E-state index is 3.47. The Kier molecular flexibility index (Phi) is 2.73. The number of rotatable bonds is 1. The molecule has 0 aliphatic heterocycles. The zero-order valence-electron chi connectivity index (χ0n) is 4.95. The Labute approximate surface area is 75.5 Å². The summed E-state index contributed by atoms with van der Waals surface area (Å²) in [6.45, 7) is 2.15. The average Bonchev–Trinajstić information content (AvgIpc) is 2.12. The number of halogens is 2. The van der Waals surface area contributed by atoms with Crippen molar-refractivity contribution in [2.24, 2.45) is 0 Å². The Morgan fingerprint density at radius 2 is 2.22 bits per heavy atom. The van der Waals surface area contributed by atoms with Crippen LogP contribution >= 0.6 is 43.2 Å². The lowest BCUT2D eigenvalue weighted by molar-refractivity contribution is 1.14. The summed E-state index contributed by atoms with van der Waals surface area (Å²) in [7, 11) is 0. The first-order valence-electron chi connectivity index (χ1n) is 2.67. The van der Waals surface area contributed by atoms with E-state index >= 15 is 0 Å². The Morgan fingerprint density at radius 1 is 1.56 bits per heavy atom. The fraction of sp³-hybridized carbons (Fsp3) is 0.333. The van der Waals surface area contributed by atoms with Gasteiger partial charge in [0, 0.05) is 9.85 Å². The van der Waals surface area contributed by atoms with Crippen LogP contribution in [0.2, 0.25) is 0 Å². The van der Waals surface area contributed by atoms with E-state index in [2.05, 4.69) is 44.2 Å². The zero-order valence-corrected chi connectivity index (χ0v) is 8.94. The molecule has 9 heavy (non-hydrogen) atoms. The largest absolute Gasteiger partial charge is 0.135 e. The molecule has 0 radical (unpaired) electrons. The van der Waals surface area contributed by atoms with Crippen molar-refractivity contribution >= 4 is 43.2 Å². The molecule has 3 heteroatoms. The quantitative estimate of drug-likeness (QED) is 0.727. The van der Waals surface area contributed by atoms with Gasteiger partial charge in [-0.05, 0) is 43.8 Å². The molecule has 0 atom stereocenters. The van der Waals surface area contributed by atoms with Gasteiger partial charge < -0.3 is 0 Å². The van der Waals surface area contributed by atoms with Gasteiger partial charge in [0.15, 0.2) is 0 Å². The van der Waals surface area contributed by atoms with E-state index in [-0.39, 0.29) is 0 Å². The average molecular weight is 270 g/mol. The van der Waals surface area contributed by atoms with Crippen LogP contribution in [0.25, 0.3) is 0 Å². The molecule has 0 amide bonds. The van der Waals surface area contributed by atoms with Crippen LogP contribution in [0.5, 0.6) is 0 Å². The number of hydrogen-bond donors (Lipinski definition) is 0.